The molecule has 0 saturated heterocycles. The summed E-state index contributed by atoms with van der Waals surface area (Å²) in [7, 11) is 0. The van der Waals surface area contributed by atoms with Crippen molar-refractivity contribution in [1.82, 2.24) is 10.3 Å². The van der Waals surface area contributed by atoms with E-state index in [0.717, 1.165) is 12.5 Å². The smallest absolute Gasteiger partial charge is 0.113 e. The average Bonchev–Trinajstić information content (AvgIpc) is 2.64. The van der Waals surface area contributed by atoms with Crippen LogP contribution in [-0.4, -0.2) is 11.5 Å². The lowest BCUT2D eigenvalue weighted by molar-refractivity contribution is 0.116. The highest BCUT2D eigenvalue weighted by Crippen LogP contribution is 2.46. The predicted molar refractivity (Wildman–Crippen MR) is 70.0 cm³/mol. The lowest BCUT2D eigenvalue weighted by atomic mass is 9.69. The van der Waals surface area contributed by atoms with Gasteiger partial charge in [-0.1, -0.05) is 27.7 Å². The minimum Gasteiger partial charge on any atom is -0.306 e. The van der Waals surface area contributed by atoms with Gasteiger partial charge in [0, 0.05) is 5.38 Å². The van der Waals surface area contributed by atoms with Crippen LogP contribution in [0.15, 0.2) is 5.38 Å². The average molecular weight is 238 g/mol. The Kier molecular flexibility index (Phi) is 3.36. The van der Waals surface area contributed by atoms with Crippen molar-refractivity contribution in [1.29, 1.82) is 0 Å². The number of hydrogen-bond acceptors (Lipinski definition) is 3. The molecular formula is C13H22N2S. The van der Waals surface area contributed by atoms with Crippen LogP contribution >= 0.6 is 11.3 Å². The molecule has 2 nitrogen and oxygen atoms in total. The van der Waals surface area contributed by atoms with Crippen molar-refractivity contribution in [2.75, 3.05) is 6.54 Å². The third-order valence-electron chi connectivity index (χ3n) is 3.43. The monoisotopic (exact) mass is 238 g/mol. The zero-order valence-electron chi connectivity index (χ0n) is 10.7. The molecule has 1 aliphatic carbocycles. The molecule has 1 aromatic heterocycles. The second-order valence-corrected chi connectivity index (χ2v) is 6.22. The molecule has 0 spiro atoms. The highest BCUT2D eigenvalue weighted by atomic mass is 32.1. The Bertz CT molecular complexity index is 345. The molecule has 1 heterocycles. The molecule has 90 valence electrons. The Hall–Kier alpha value is -0.410. The summed E-state index contributed by atoms with van der Waals surface area (Å²) in [4.78, 5) is 4.81. The summed E-state index contributed by atoms with van der Waals surface area (Å²) < 4.78 is 0. The first-order chi connectivity index (χ1) is 7.57. The van der Waals surface area contributed by atoms with Gasteiger partial charge in [0.25, 0.3) is 0 Å². The first-order valence-electron chi connectivity index (χ1n) is 6.28. The molecule has 2 rings (SSSR count). The van der Waals surface area contributed by atoms with E-state index in [0.29, 0.717) is 5.92 Å². The van der Waals surface area contributed by atoms with E-state index >= 15 is 0 Å². The SMILES string of the molecule is CCNC1(c2nc(C(C)C)cs2)CC(C)C1. The first-order valence-corrected chi connectivity index (χ1v) is 7.16. The van der Waals surface area contributed by atoms with Gasteiger partial charge in [0.05, 0.1) is 11.2 Å². The summed E-state index contributed by atoms with van der Waals surface area (Å²) in [6.07, 6.45) is 2.48. The topological polar surface area (TPSA) is 24.9 Å². The van der Waals surface area contributed by atoms with Gasteiger partial charge in [-0.05, 0) is 31.2 Å². The molecule has 0 unspecified atom stereocenters. The van der Waals surface area contributed by atoms with Crippen LogP contribution in [0.25, 0.3) is 0 Å². The van der Waals surface area contributed by atoms with Crippen LogP contribution in [0.3, 0.4) is 0 Å². The minimum absolute atomic E-state index is 0.200. The molecule has 3 heteroatoms. The van der Waals surface area contributed by atoms with Gasteiger partial charge < -0.3 is 5.32 Å². The maximum Gasteiger partial charge on any atom is 0.113 e. The number of hydrogen-bond donors (Lipinski definition) is 1. The summed E-state index contributed by atoms with van der Waals surface area (Å²) in [5.41, 5.74) is 1.45. The number of rotatable bonds is 4. The van der Waals surface area contributed by atoms with Crippen LogP contribution in [0.4, 0.5) is 0 Å². The predicted octanol–water partition coefficient (Wildman–Crippen LogP) is 3.50. The Labute approximate surface area is 102 Å². The second kappa shape index (κ2) is 4.46. The van der Waals surface area contributed by atoms with Gasteiger partial charge in [-0.15, -0.1) is 11.3 Å². The molecule has 0 aromatic carbocycles. The van der Waals surface area contributed by atoms with Crippen LogP contribution in [0, 0.1) is 5.92 Å². The third kappa shape index (κ3) is 2.03. The van der Waals surface area contributed by atoms with Gasteiger partial charge in [0.15, 0.2) is 0 Å². The fraction of sp³-hybridized carbons (Fsp3) is 0.769. The van der Waals surface area contributed by atoms with E-state index in [1.54, 1.807) is 0 Å². The molecule has 1 saturated carbocycles. The van der Waals surface area contributed by atoms with E-state index in [9.17, 15) is 0 Å². The van der Waals surface area contributed by atoms with E-state index in [1.165, 1.54) is 23.5 Å². The molecule has 16 heavy (non-hydrogen) atoms. The summed E-state index contributed by atoms with van der Waals surface area (Å²) >= 11 is 1.83. The van der Waals surface area contributed by atoms with Crippen molar-refractivity contribution >= 4 is 11.3 Å². The molecule has 1 N–H and O–H groups in total. The maximum absolute atomic E-state index is 4.81. The molecule has 0 atom stereocenters. The fourth-order valence-corrected chi connectivity index (χ4v) is 3.81. The van der Waals surface area contributed by atoms with Crippen LogP contribution in [0.1, 0.15) is 57.2 Å². The second-order valence-electron chi connectivity index (χ2n) is 5.36. The highest BCUT2D eigenvalue weighted by molar-refractivity contribution is 7.09. The van der Waals surface area contributed by atoms with Crippen molar-refractivity contribution in [3.05, 3.63) is 16.1 Å². The number of nitrogens with one attached hydrogen (secondary N) is 1. The zero-order chi connectivity index (χ0) is 11.8. The summed E-state index contributed by atoms with van der Waals surface area (Å²) in [6, 6.07) is 0. The Morgan fingerprint density at radius 3 is 2.69 bits per heavy atom. The van der Waals surface area contributed by atoms with Gasteiger partial charge in [-0.25, -0.2) is 4.98 Å². The van der Waals surface area contributed by atoms with Gasteiger partial charge in [-0.2, -0.15) is 0 Å². The van der Waals surface area contributed by atoms with Gasteiger partial charge >= 0.3 is 0 Å². The Morgan fingerprint density at radius 2 is 2.25 bits per heavy atom. The maximum atomic E-state index is 4.81. The molecule has 0 bridgehead atoms. The van der Waals surface area contributed by atoms with Crippen LogP contribution in [-0.2, 0) is 5.54 Å². The van der Waals surface area contributed by atoms with E-state index < -0.39 is 0 Å². The molecule has 1 aliphatic rings. The van der Waals surface area contributed by atoms with Crippen molar-refractivity contribution in [2.45, 2.75) is 52.0 Å². The number of thiazole rings is 1. The lowest BCUT2D eigenvalue weighted by Crippen LogP contribution is -2.51. The van der Waals surface area contributed by atoms with Gasteiger partial charge in [0.2, 0.25) is 0 Å². The van der Waals surface area contributed by atoms with Crippen LogP contribution in [0.5, 0.6) is 0 Å². The largest absolute Gasteiger partial charge is 0.306 e. The molecule has 0 aliphatic heterocycles. The van der Waals surface area contributed by atoms with Crippen molar-refractivity contribution in [3.8, 4) is 0 Å². The van der Waals surface area contributed by atoms with Crippen molar-refractivity contribution < 1.29 is 0 Å². The quantitative estimate of drug-likeness (QED) is 0.868. The normalized spacial score (nSPS) is 29.4. The molecule has 0 amide bonds. The molecule has 1 fully saturated rings. The van der Waals surface area contributed by atoms with Crippen LogP contribution < -0.4 is 5.32 Å². The fourth-order valence-electron chi connectivity index (χ4n) is 2.63. The van der Waals surface area contributed by atoms with E-state index in [4.69, 9.17) is 4.98 Å². The highest BCUT2D eigenvalue weighted by Gasteiger charge is 2.44. The summed E-state index contributed by atoms with van der Waals surface area (Å²) in [5, 5.41) is 7.17. The number of nitrogens with zero attached hydrogens (tertiary/aromatic N) is 1. The van der Waals surface area contributed by atoms with E-state index in [1.807, 2.05) is 11.3 Å². The molecule has 0 radical (unpaired) electrons. The Balaban J connectivity index is 2.19. The standard InChI is InChI=1S/C13H22N2S/c1-5-14-13(6-10(4)7-13)12-15-11(8-16-12)9(2)3/h8-10,14H,5-7H2,1-4H3. The molecular weight excluding hydrogens is 216 g/mol. The van der Waals surface area contributed by atoms with Crippen LogP contribution in [0.2, 0.25) is 0 Å². The third-order valence-corrected chi connectivity index (χ3v) is 4.50. The van der Waals surface area contributed by atoms with Crippen molar-refractivity contribution in [2.24, 2.45) is 5.92 Å². The lowest BCUT2D eigenvalue weighted by Gasteiger charge is -2.45. The minimum atomic E-state index is 0.200. The summed E-state index contributed by atoms with van der Waals surface area (Å²) in [6.45, 7) is 9.96. The zero-order valence-corrected chi connectivity index (χ0v) is 11.5. The number of aromatic nitrogens is 1. The van der Waals surface area contributed by atoms with E-state index in [2.05, 4.69) is 38.4 Å². The Morgan fingerprint density at radius 1 is 1.56 bits per heavy atom. The summed E-state index contributed by atoms with van der Waals surface area (Å²) in [5.74, 6) is 1.38. The van der Waals surface area contributed by atoms with Gasteiger partial charge in [-0.3, -0.25) is 0 Å². The molecule has 1 aromatic rings. The van der Waals surface area contributed by atoms with Gasteiger partial charge in [0.1, 0.15) is 5.01 Å². The van der Waals surface area contributed by atoms with E-state index in [-0.39, 0.29) is 5.54 Å². The van der Waals surface area contributed by atoms with Crippen molar-refractivity contribution in [3.63, 3.8) is 0 Å². The first kappa shape index (κ1) is 12.1.